The van der Waals surface area contributed by atoms with Gasteiger partial charge in [-0.1, -0.05) is 0 Å². The van der Waals surface area contributed by atoms with E-state index in [-0.39, 0.29) is 17.8 Å². The van der Waals surface area contributed by atoms with Crippen LogP contribution in [0.2, 0.25) is 0 Å². The number of rotatable bonds is 7. The van der Waals surface area contributed by atoms with E-state index in [2.05, 4.69) is 20.2 Å². The average Bonchev–Trinajstić information content (AvgIpc) is 2.70. The summed E-state index contributed by atoms with van der Waals surface area (Å²) < 4.78 is 13.2. The molecule has 8 heteroatoms. The van der Waals surface area contributed by atoms with Gasteiger partial charge in [0.25, 0.3) is 0 Å². The van der Waals surface area contributed by atoms with Gasteiger partial charge in [0.05, 0.1) is 0 Å². The van der Waals surface area contributed by atoms with Crippen molar-refractivity contribution in [2.45, 2.75) is 26.3 Å². The van der Waals surface area contributed by atoms with Gasteiger partial charge in [0.15, 0.2) is 0 Å². The van der Waals surface area contributed by atoms with E-state index in [0.717, 1.165) is 35.9 Å². The number of anilines is 2. The SMILES string of the molecule is CSCC[C@H](Nc1nc(C)cc(C)n1)C(=O)N1CCN(c2ccc(F)cc2)CC1. The van der Waals surface area contributed by atoms with E-state index >= 15 is 0 Å². The van der Waals surface area contributed by atoms with E-state index in [0.29, 0.717) is 25.5 Å². The number of aromatic nitrogens is 2. The summed E-state index contributed by atoms with van der Waals surface area (Å²) in [6.45, 7) is 6.59. The second-order valence-electron chi connectivity index (χ2n) is 7.24. The molecule has 156 valence electrons. The van der Waals surface area contributed by atoms with E-state index in [1.54, 1.807) is 23.9 Å². The summed E-state index contributed by atoms with van der Waals surface area (Å²) in [7, 11) is 0. The van der Waals surface area contributed by atoms with Crippen LogP contribution in [-0.4, -0.2) is 65.0 Å². The number of nitrogens with zero attached hydrogens (tertiary/aromatic N) is 4. The van der Waals surface area contributed by atoms with E-state index < -0.39 is 0 Å². The molecule has 0 aliphatic carbocycles. The number of hydrogen-bond acceptors (Lipinski definition) is 6. The van der Waals surface area contributed by atoms with Gasteiger partial charge in [-0.3, -0.25) is 4.79 Å². The Morgan fingerprint density at radius 2 is 1.76 bits per heavy atom. The Hall–Kier alpha value is -2.35. The van der Waals surface area contributed by atoms with Crippen molar-refractivity contribution in [2.75, 3.05) is 48.4 Å². The molecular weight excluding hydrogens is 389 g/mol. The maximum absolute atomic E-state index is 13.2. The minimum absolute atomic E-state index is 0.0839. The Kier molecular flexibility index (Phi) is 7.30. The molecular formula is C21H28FN5OS. The second-order valence-corrected chi connectivity index (χ2v) is 8.23. The molecule has 2 heterocycles. The number of carbonyl (C=O) groups excluding carboxylic acids is 1. The zero-order chi connectivity index (χ0) is 20.8. The predicted octanol–water partition coefficient (Wildman–Crippen LogP) is 3.11. The summed E-state index contributed by atoms with van der Waals surface area (Å²) in [4.78, 5) is 26.1. The molecule has 0 unspecified atom stereocenters. The number of aryl methyl sites for hydroxylation is 2. The fraction of sp³-hybridized carbons (Fsp3) is 0.476. The molecule has 0 radical (unpaired) electrons. The fourth-order valence-corrected chi connectivity index (χ4v) is 3.97. The van der Waals surface area contributed by atoms with Gasteiger partial charge in [-0.2, -0.15) is 11.8 Å². The van der Waals surface area contributed by atoms with Gasteiger partial charge in [-0.15, -0.1) is 0 Å². The molecule has 3 rings (SSSR count). The highest BCUT2D eigenvalue weighted by Gasteiger charge is 2.28. The molecule has 0 bridgehead atoms. The summed E-state index contributed by atoms with van der Waals surface area (Å²) in [6, 6.07) is 8.08. The Bertz CT molecular complexity index is 804. The van der Waals surface area contributed by atoms with Crippen LogP contribution in [0.1, 0.15) is 17.8 Å². The van der Waals surface area contributed by atoms with E-state index in [1.165, 1.54) is 12.1 Å². The van der Waals surface area contributed by atoms with Crippen LogP contribution in [0.25, 0.3) is 0 Å². The highest BCUT2D eigenvalue weighted by atomic mass is 32.2. The summed E-state index contributed by atoms with van der Waals surface area (Å²) >= 11 is 1.72. The first-order chi connectivity index (χ1) is 14.0. The van der Waals surface area contributed by atoms with Crippen LogP contribution in [0.15, 0.2) is 30.3 Å². The number of benzene rings is 1. The number of halogens is 1. The van der Waals surface area contributed by atoms with Crippen LogP contribution in [0.3, 0.4) is 0 Å². The minimum Gasteiger partial charge on any atom is -0.368 e. The van der Waals surface area contributed by atoms with Crippen LogP contribution in [0, 0.1) is 19.7 Å². The third-order valence-electron chi connectivity index (χ3n) is 4.98. The molecule has 2 aromatic rings. The van der Waals surface area contributed by atoms with Gasteiger partial charge in [0, 0.05) is 43.3 Å². The summed E-state index contributed by atoms with van der Waals surface area (Å²) in [5.41, 5.74) is 2.74. The van der Waals surface area contributed by atoms with Crippen molar-refractivity contribution in [1.82, 2.24) is 14.9 Å². The van der Waals surface area contributed by atoms with Crippen molar-refractivity contribution < 1.29 is 9.18 Å². The number of nitrogens with one attached hydrogen (secondary N) is 1. The molecule has 1 amide bonds. The standard InChI is InChI=1S/C21H28FN5OS/c1-15-14-16(2)24-21(23-15)25-19(8-13-29-3)20(28)27-11-9-26(10-12-27)18-6-4-17(22)5-7-18/h4-7,14,19H,8-13H2,1-3H3,(H,23,24,25)/t19-/m0/s1. The molecule has 29 heavy (non-hydrogen) atoms. The molecule has 1 fully saturated rings. The van der Waals surface area contributed by atoms with Crippen molar-refractivity contribution >= 4 is 29.3 Å². The molecule has 0 spiro atoms. The van der Waals surface area contributed by atoms with Crippen molar-refractivity contribution in [3.63, 3.8) is 0 Å². The Balaban J connectivity index is 1.64. The maximum atomic E-state index is 13.2. The monoisotopic (exact) mass is 417 g/mol. The first-order valence-corrected chi connectivity index (χ1v) is 11.2. The van der Waals surface area contributed by atoms with Gasteiger partial charge in [-0.25, -0.2) is 14.4 Å². The quantitative estimate of drug-likeness (QED) is 0.747. The summed E-state index contributed by atoms with van der Waals surface area (Å²) in [6.07, 6.45) is 2.75. The normalized spacial score (nSPS) is 15.3. The lowest BCUT2D eigenvalue weighted by Gasteiger charge is -2.37. The highest BCUT2D eigenvalue weighted by Crippen LogP contribution is 2.18. The van der Waals surface area contributed by atoms with E-state index in [1.807, 2.05) is 31.1 Å². The van der Waals surface area contributed by atoms with Gasteiger partial charge in [0.1, 0.15) is 11.9 Å². The van der Waals surface area contributed by atoms with E-state index in [9.17, 15) is 9.18 Å². The first-order valence-electron chi connectivity index (χ1n) is 9.83. The van der Waals surface area contributed by atoms with Crippen LogP contribution in [-0.2, 0) is 4.79 Å². The third-order valence-corrected chi connectivity index (χ3v) is 5.62. The molecule has 6 nitrogen and oxygen atoms in total. The summed E-state index contributed by atoms with van der Waals surface area (Å²) in [5, 5.41) is 3.26. The van der Waals surface area contributed by atoms with Crippen molar-refractivity contribution in [1.29, 1.82) is 0 Å². The number of hydrogen-bond donors (Lipinski definition) is 1. The molecule has 1 saturated heterocycles. The van der Waals surface area contributed by atoms with E-state index in [4.69, 9.17) is 0 Å². The van der Waals surface area contributed by atoms with Gasteiger partial charge < -0.3 is 15.1 Å². The van der Waals surface area contributed by atoms with Gasteiger partial charge >= 0.3 is 0 Å². The topological polar surface area (TPSA) is 61.4 Å². The first kappa shape index (κ1) is 21.4. The molecule has 1 aromatic carbocycles. The lowest BCUT2D eigenvalue weighted by Crippen LogP contribution is -2.53. The van der Waals surface area contributed by atoms with Crippen LogP contribution >= 0.6 is 11.8 Å². The zero-order valence-corrected chi connectivity index (χ0v) is 18.0. The van der Waals surface area contributed by atoms with Crippen molar-refractivity contribution in [2.24, 2.45) is 0 Å². The smallest absolute Gasteiger partial charge is 0.245 e. The zero-order valence-electron chi connectivity index (χ0n) is 17.2. The highest BCUT2D eigenvalue weighted by molar-refractivity contribution is 7.98. The lowest BCUT2D eigenvalue weighted by atomic mass is 10.1. The Morgan fingerprint density at radius 3 is 2.34 bits per heavy atom. The van der Waals surface area contributed by atoms with Crippen LogP contribution < -0.4 is 10.2 Å². The Morgan fingerprint density at radius 1 is 1.14 bits per heavy atom. The fourth-order valence-electron chi connectivity index (χ4n) is 3.50. The number of thioether (sulfide) groups is 1. The molecule has 0 saturated carbocycles. The largest absolute Gasteiger partial charge is 0.368 e. The molecule has 1 atom stereocenters. The minimum atomic E-state index is -0.346. The lowest BCUT2D eigenvalue weighted by molar-refractivity contribution is -0.132. The van der Waals surface area contributed by atoms with Crippen LogP contribution in [0.4, 0.5) is 16.0 Å². The second kappa shape index (κ2) is 9.91. The maximum Gasteiger partial charge on any atom is 0.245 e. The third kappa shape index (κ3) is 5.82. The van der Waals surface area contributed by atoms with Gasteiger partial charge in [-0.05, 0) is 62.6 Å². The molecule has 1 aliphatic heterocycles. The van der Waals surface area contributed by atoms with Gasteiger partial charge in [0.2, 0.25) is 11.9 Å². The number of carbonyl (C=O) groups is 1. The predicted molar refractivity (Wildman–Crippen MR) is 117 cm³/mol. The molecule has 1 aliphatic rings. The number of piperazine rings is 1. The van der Waals surface area contributed by atoms with Crippen molar-refractivity contribution in [3.8, 4) is 0 Å². The summed E-state index contributed by atoms with van der Waals surface area (Å²) in [5.74, 6) is 1.23. The van der Waals surface area contributed by atoms with Crippen LogP contribution in [0.5, 0.6) is 0 Å². The molecule has 1 aromatic heterocycles. The van der Waals surface area contributed by atoms with Crippen molar-refractivity contribution in [3.05, 3.63) is 47.5 Å². The number of amides is 1. The Labute approximate surface area is 175 Å². The molecule has 1 N–H and O–H groups in total. The average molecular weight is 418 g/mol.